The van der Waals surface area contributed by atoms with Crippen molar-refractivity contribution >= 4 is 5.91 Å². The zero-order valence-corrected chi connectivity index (χ0v) is 13.4. The fraction of sp³-hybridized carbons (Fsp3) is 0.588. The lowest BCUT2D eigenvalue weighted by atomic mass is 10.1. The molecule has 122 valence electrons. The molecule has 1 aromatic rings. The van der Waals surface area contributed by atoms with Gasteiger partial charge in [-0.15, -0.1) is 0 Å². The molecule has 0 saturated carbocycles. The van der Waals surface area contributed by atoms with E-state index in [1.54, 1.807) is 0 Å². The number of nitrogens with zero attached hydrogens (tertiary/aromatic N) is 1. The third kappa shape index (κ3) is 5.00. The van der Waals surface area contributed by atoms with Crippen molar-refractivity contribution in [2.45, 2.75) is 38.8 Å². The third-order valence-corrected chi connectivity index (χ3v) is 4.01. The van der Waals surface area contributed by atoms with Gasteiger partial charge in [-0.2, -0.15) is 0 Å². The number of rotatable bonds is 6. The summed E-state index contributed by atoms with van der Waals surface area (Å²) in [5.74, 6) is 0.809. The van der Waals surface area contributed by atoms with Crippen molar-refractivity contribution in [2.75, 3.05) is 26.2 Å². The highest BCUT2D eigenvalue weighted by Crippen LogP contribution is 2.13. The molecule has 1 aromatic carbocycles. The molecule has 1 fully saturated rings. The highest BCUT2D eigenvalue weighted by molar-refractivity contribution is 5.81. The quantitative estimate of drug-likeness (QED) is 0.779. The number of amides is 1. The van der Waals surface area contributed by atoms with E-state index in [2.05, 4.69) is 5.32 Å². The van der Waals surface area contributed by atoms with Crippen LogP contribution < -0.4 is 10.1 Å². The molecule has 0 aliphatic carbocycles. The van der Waals surface area contributed by atoms with Gasteiger partial charge in [-0.05, 0) is 50.9 Å². The van der Waals surface area contributed by atoms with Crippen LogP contribution in [0.3, 0.4) is 0 Å². The molecule has 22 heavy (non-hydrogen) atoms. The van der Waals surface area contributed by atoms with Gasteiger partial charge in [-0.25, -0.2) is 0 Å². The average Bonchev–Trinajstić information content (AvgIpc) is 2.50. The van der Waals surface area contributed by atoms with Crippen LogP contribution in [-0.4, -0.2) is 54.3 Å². The predicted octanol–water partition coefficient (Wildman–Crippen LogP) is 1.34. The first-order valence-corrected chi connectivity index (χ1v) is 7.95. The van der Waals surface area contributed by atoms with Gasteiger partial charge in [0.25, 0.3) is 0 Å². The summed E-state index contributed by atoms with van der Waals surface area (Å²) in [6.45, 7) is 6.27. The van der Waals surface area contributed by atoms with Crippen LogP contribution in [-0.2, 0) is 4.79 Å². The second-order valence-electron chi connectivity index (χ2n) is 5.92. The van der Waals surface area contributed by atoms with Crippen LogP contribution in [0.1, 0.15) is 25.3 Å². The number of nitrogens with one attached hydrogen (secondary N) is 1. The minimum atomic E-state index is -0.311. The molecule has 1 aliphatic heterocycles. The average molecular weight is 306 g/mol. The van der Waals surface area contributed by atoms with Crippen molar-refractivity contribution in [2.24, 2.45) is 0 Å². The van der Waals surface area contributed by atoms with Crippen LogP contribution in [0.5, 0.6) is 5.75 Å². The lowest BCUT2D eigenvalue weighted by Gasteiger charge is -2.33. The molecule has 1 heterocycles. The first-order valence-electron chi connectivity index (χ1n) is 7.95. The Labute approximate surface area is 132 Å². The van der Waals surface area contributed by atoms with Gasteiger partial charge in [-0.1, -0.05) is 12.1 Å². The molecule has 0 radical (unpaired) electrons. The SMILES string of the molecule is Cc1cccc(OCCNC(=O)C(C)N2CCCC(O)C2)c1. The Balaban J connectivity index is 1.68. The van der Waals surface area contributed by atoms with E-state index in [1.165, 1.54) is 0 Å². The minimum Gasteiger partial charge on any atom is -0.492 e. The number of carbonyl (C=O) groups excluding carboxylic acids is 1. The van der Waals surface area contributed by atoms with Crippen LogP contribution in [0.25, 0.3) is 0 Å². The Morgan fingerprint density at radius 2 is 2.36 bits per heavy atom. The predicted molar refractivity (Wildman–Crippen MR) is 86.0 cm³/mol. The molecule has 5 heteroatoms. The van der Waals surface area contributed by atoms with Crippen molar-refractivity contribution in [1.82, 2.24) is 10.2 Å². The summed E-state index contributed by atoms with van der Waals surface area (Å²) in [7, 11) is 0. The fourth-order valence-electron chi connectivity index (χ4n) is 2.70. The normalized spacial score (nSPS) is 20.4. The first kappa shape index (κ1) is 16.8. The number of ether oxygens (including phenoxy) is 1. The summed E-state index contributed by atoms with van der Waals surface area (Å²) in [6.07, 6.45) is 1.46. The summed E-state index contributed by atoms with van der Waals surface area (Å²) in [5.41, 5.74) is 1.15. The number of aliphatic hydroxyl groups excluding tert-OH is 1. The van der Waals surface area contributed by atoms with Gasteiger partial charge in [0.2, 0.25) is 5.91 Å². The maximum absolute atomic E-state index is 12.1. The van der Waals surface area contributed by atoms with Gasteiger partial charge in [0.15, 0.2) is 0 Å². The van der Waals surface area contributed by atoms with Gasteiger partial charge in [0.1, 0.15) is 12.4 Å². The van der Waals surface area contributed by atoms with E-state index in [0.717, 1.165) is 30.7 Å². The Bertz CT molecular complexity index is 493. The third-order valence-electron chi connectivity index (χ3n) is 4.01. The smallest absolute Gasteiger partial charge is 0.237 e. The first-order chi connectivity index (χ1) is 10.6. The van der Waals surface area contributed by atoms with E-state index in [1.807, 2.05) is 43.0 Å². The van der Waals surface area contributed by atoms with Crippen molar-refractivity contribution in [1.29, 1.82) is 0 Å². The molecule has 0 bridgehead atoms. The van der Waals surface area contributed by atoms with Crippen LogP contribution >= 0.6 is 0 Å². The maximum Gasteiger partial charge on any atom is 0.237 e. The number of benzene rings is 1. The topological polar surface area (TPSA) is 61.8 Å². The Morgan fingerprint density at radius 1 is 1.55 bits per heavy atom. The lowest BCUT2D eigenvalue weighted by Crippen LogP contribution is -2.50. The number of piperidine rings is 1. The summed E-state index contributed by atoms with van der Waals surface area (Å²) in [6, 6.07) is 7.64. The van der Waals surface area contributed by atoms with Crippen LogP contribution in [0.15, 0.2) is 24.3 Å². The molecular weight excluding hydrogens is 280 g/mol. The van der Waals surface area contributed by atoms with Gasteiger partial charge in [-0.3, -0.25) is 9.69 Å². The zero-order chi connectivity index (χ0) is 15.9. The maximum atomic E-state index is 12.1. The molecule has 1 saturated heterocycles. The number of aryl methyl sites for hydroxylation is 1. The van der Waals surface area contributed by atoms with Crippen molar-refractivity contribution < 1.29 is 14.6 Å². The van der Waals surface area contributed by atoms with Crippen molar-refractivity contribution in [3.63, 3.8) is 0 Å². The van der Waals surface area contributed by atoms with Crippen LogP contribution in [0.2, 0.25) is 0 Å². The number of hydrogen-bond acceptors (Lipinski definition) is 4. The van der Waals surface area contributed by atoms with Crippen LogP contribution in [0, 0.1) is 6.92 Å². The molecule has 2 unspecified atom stereocenters. The second kappa shape index (κ2) is 8.15. The molecule has 0 aromatic heterocycles. The van der Waals surface area contributed by atoms with E-state index in [0.29, 0.717) is 19.7 Å². The molecule has 2 rings (SSSR count). The number of likely N-dealkylation sites (tertiary alicyclic amines) is 1. The fourth-order valence-corrected chi connectivity index (χ4v) is 2.70. The zero-order valence-electron chi connectivity index (χ0n) is 13.4. The summed E-state index contributed by atoms with van der Waals surface area (Å²) in [4.78, 5) is 14.2. The molecule has 1 aliphatic rings. The van der Waals surface area contributed by atoms with E-state index in [-0.39, 0.29) is 18.1 Å². The second-order valence-corrected chi connectivity index (χ2v) is 5.92. The summed E-state index contributed by atoms with van der Waals surface area (Å²) >= 11 is 0. The highest BCUT2D eigenvalue weighted by Gasteiger charge is 2.26. The van der Waals surface area contributed by atoms with E-state index in [9.17, 15) is 9.90 Å². The minimum absolute atomic E-state index is 0.0121. The Morgan fingerprint density at radius 3 is 3.09 bits per heavy atom. The molecule has 2 atom stereocenters. The molecule has 5 nitrogen and oxygen atoms in total. The monoisotopic (exact) mass is 306 g/mol. The summed E-state index contributed by atoms with van der Waals surface area (Å²) in [5, 5.41) is 12.6. The van der Waals surface area contributed by atoms with E-state index >= 15 is 0 Å². The van der Waals surface area contributed by atoms with E-state index < -0.39 is 0 Å². The molecule has 1 amide bonds. The Kier molecular flexibility index (Phi) is 6.21. The molecule has 2 N–H and O–H groups in total. The standard InChI is InChI=1S/C17H26N2O3/c1-13-5-3-7-16(11-13)22-10-8-18-17(21)14(2)19-9-4-6-15(20)12-19/h3,5,7,11,14-15,20H,4,6,8-10,12H2,1-2H3,(H,18,21). The number of hydrogen-bond donors (Lipinski definition) is 2. The number of β-amino-alcohol motifs (C(OH)–C–C–N with tert-alkyl or cyclic N) is 1. The highest BCUT2D eigenvalue weighted by atomic mass is 16.5. The largest absolute Gasteiger partial charge is 0.492 e. The van der Waals surface area contributed by atoms with Gasteiger partial charge in [0, 0.05) is 6.54 Å². The van der Waals surface area contributed by atoms with Gasteiger partial charge >= 0.3 is 0 Å². The van der Waals surface area contributed by atoms with Gasteiger partial charge < -0.3 is 15.2 Å². The number of aliphatic hydroxyl groups is 1. The van der Waals surface area contributed by atoms with E-state index in [4.69, 9.17) is 4.74 Å². The Hall–Kier alpha value is -1.59. The molecule has 0 spiro atoms. The lowest BCUT2D eigenvalue weighted by molar-refractivity contribution is -0.127. The van der Waals surface area contributed by atoms with Crippen LogP contribution in [0.4, 0.5) is 0 Å². The molecular formula is C17H26N2O3. The van der Waals surface area contributed by atoms with Crippen molar-refractivity contribution in [3.05, 3.63) is 29.8 Å². The van der Waals surface area contributed by atoms with Gasteiger partial charge in [0.05, 0.1) is 18.7 Å². The summed E-state index contributed by atoms with van der Waals surface area (Å²) < 4.78 is 5.61. The number of carbonyl (C=O) groups is 1. The van der Waals surface area contributed by atoms with Crippen molar-refractivity contribution in [3.8, 4) is 5.75 Å².